The first kappa shape index (κ1) is 21.1. The number of hydrogen-bond donors (Lipinski definition) is 1. The van der Waals surface area contributed by atoms with Crippen molar-refractivity contribution in [2.24, 2.45) is 0 Å². The van der Waals surface area contributed by atoms with Gasteiger partial charge in [-0.05, 0) is 12.8 Å². The van der Waals surface area contributed by atoms with Crippen molar-refractivity contribution < 1.29 is 23.2 Å². The number of aliphatic hydroxyl groups is 1. The second-order valence-corrected chi connectivity index (χ2v) is 6.81. The minimum atomic E-state index is -3.48. The highest BCUT2D eigenvalue weighted by atomic mass is 31.2. The average molecular weight is 324 g/mol. The molecule has 0 aromatic carbocycles. The summed E-state index contributed by atoms with van der Waals surface area (Å²) in [5.74, 6) is 0. The summed E-state index contributed by atoms with van der Waals surface area (Å²) in [5.41, 5.74) is 0. The largest absolute Gasteiger partial charge is 0.474 e. The van der Waals surface area contributed by atoms with Crippen molar-refractivity contribution in [2.45, 2.75) is 71.6 Å². The third kappa shape index (κ3) is 13.5. The Morgan fingerprint density at radius 1 is 0.714 bits per heavy atom. The lowest BCUT2D eigenvalue weighted by Crippen LogP contribution is -2.05. The van der Waals surface area contributed by atoms with E-state index in [0.29, 0.717) is 13.2 Å². The van der Waals surface area contributed by atoms with Crippen molar-refractivity contribution in [3.05, 3.63) is 0 Å². The zero-order valence-electron chi connectivity index (χ0n) is 13.7. The SMILES string of the molecule is CCCCCCCCCCOP(=O)(OCCC)OCCO. The fourth-order valence-corrected chi connectivity index (χ4v) is 3.17. The van der Waals surface area contributed by atoms with E-state index in [2.05, 4.69) is 6.92 Å². The number of aliphatic hydroxyl groups excluding tert-OH is 1. The Morgan fingerprint density at radius 2 is 1.24 bits per heavy atom. The molecule has 0 aliphatic heterocycles. The first-order valence-corrected chi connectivity index (χ1v) is 9.79. The Hall–Kier alpha value is 0.0700. The van der Waals surface area contributed by atoms with Crippen LogP contribution in [0.15, 0.2) is 0 Å². The van der Waals surface area contributed by atoms with Gasteiger partial charge in [0.05, 0.1) is 26.4 Å². The Balaban J connectivity index is 3.65. The molecule has 0 saturated carbocycles. The molecule has 0 saturated heterocycles. The molecule has 128 valence electrons. The Kier molecular flexibility index (Phi) is 15.0. The van der Waals surface area contributed by atoms with Crippen LogP contribution in [0.25, 0.3) is 0 Å². The zero-order valence-corrected chi connectivity index (χ0v) is 14.6. The number of hydrogen-bond acceptors (Lipinski definition) is 5. The zero-order chi connectivity index (χ0) is 15.8. The van der Waals surface area contributed by atoms with Crippen molar-refractivity contribution in [1.29, 1.82) is 0 Å². The minimum Gasteiger partial charge on any atom is -0.394 e. The topological polar surface area (TPSA) is 65.0 Å². The van der Waals surface area contributed by atoms with Gasteiger partial charge in [-0.25, -0.2) is 4.57 Å². The summed E-state index contributed by atoms with van der Waals surface area (Å²) in [5, 5.41) is 8.73. The van der Waals surface area contributed by atoms with Gasteiger partial charge >= 0.3 is 7.82 Å². The lowest BCUT2D eigenvalue weighted by molar-refractivity contribution is 0.0948. The first-order chi connectivity index (χ1) is 10.2. The maximum Gasteiger partial charge on any atom is 0.474 e. The minimum absolute atomic E-state index is 0.0293. The number of phosphoric ester groups is 1. The second-order valence-electron chi connectivity index (χ2n) is 5.15. The normalized spacial score (nSPS) is 14.2. The van der Waals surface area contributed by atoms with Crippen molar-refractivity contribution in [3.63, 3.8) is 0 Å². The van der Waals surface area contributed by atoms with Gasteiger partial charge in [0.2, 0.25) is 0 Å². The van der Waals surface area contributed by atoms with E-state index in [9.17, 15) is 4.57 Å². The fourth-order valence-electron chi connectivity index (χ4n) is 1.88. The molecule has 1 unspecified atom stereocenters. The molecule has 0 spiro atoms. The highest BCUT2D eigenvalue weighted by molar-refractivity contribution is 7.48. The van der Waals surface area contributed by atoms with Crippen molar-refractivity contribution in [1.82, 2.24) is 0 Å². The van der Waals surface area contributed by atoms with E-state index in [4.69, 9.17) is 18.7 Å². The van der Waals surface area contributed by atoms with Gasteiger partial charge in [0, 0.05) is 0 Å². The van der Waals surface area contributed by atoms with E-state index in [1.807, 2.05) is 6.92 Å². The highest BCUT2D eigenvalue weighted by Crippen LogP contribution is 2.49. The molecule has 1 N–H and O–H groups in total. The molecular formula is C15H33O5P. The van der Waals surface area contributed by atoms with Crippen LogP contribution in [0.3, 0.4) is 0 Å². The van der Waals surface area contributed by atoms with Gasteiger partial charge in [-0.1, -0.05) is 58.8 Å². The quantitative estimate of drug-likeness (QED) is 0.330. The maximum absolute atomic E-state index is 12.2. The smallest absolute Gasteiger partial charge is 0.394 e. The summed E-state index contributed by atoms with van der Waals surface area (Å²) in [6.07, 6.45) is 10.3. The summed E-state index contributed by atoms with van der Waals surface area (Å²) in [6.45, 7) is 4.63. The van der Waals surface area contributed by atoms with E-state index in [-0.39, 0.29) is 13.2 Å². The van der Waals surface area contributed by atoms with Crippen LogP contribution in [-0.2, 0) is 18.1 Å². The third-order valence-electron chi connectivity index (χ3n) is 3.04. The summed E-state index contributed by atoms with van der Waals surface area (Å²) in [4.78, 5) is 0. The van der Waals surface area contributed by atoms with Gasteiger partial charge < -0.3 is 5.11 Å². The molecule has 1 atom stereocenters. The Bertz CT molecular complexity index is 248. The molecule has 0 radical (unpaired) electrons. The van der Waals surface area contributed by atoms with E-state index in [1.165, 1.54) is 38.5 Å². The molecule has 0 amide bonds. The van der Waals surface area contributed by atoms with E-state index in [1.54, 1.807) is 0 Å². The van der Waals surface area contributed by atoms with Gasteiger partial charge in [-0.2, -0.15) is 0 Å². The summed E-state index contributed by atoms with van der Waals surface area (Å²) < 4.78 is 27.6. The standard InChI is InChI=1S/C15H33O5P/c1-3-5-6-7-8-9-10-11-14-19-21(17,18-13-4-2)20-15-12-16/h16H,3-15H2,1-2H3. The molecular weight excluding hydrogens is 291 g/mol. The predicted molar refractivity (Wildman–Crippen MR) is 85.4 cm³/mol. The van der Waals surface area contributed by atoms with E-state index >= 15 is 0 Å². The van der Waals surface area contributed by atoms with Gasteiger partial charge in [0.1, 0.15) is 0 Å². The van der Waals surface area contributed by atoms with Gasteiger partial charge in [0.15, 0.2) is 0 Å². The van der Waals surface area contributed by atoms with Gasteiger partial charge in [-0.3, -0.25) is 13.6 Å². The molecule has 0 fully saturated rings. The molecule has 5 nitrogen and oxygen atoms in total. The summed E-state index contributed by atoms with van der Waals surface area (Å²) >= 11 is 0. The number of phosphoric acid groups is 1. The molecule has 0 aromatic heterocycles. The molecule has 0 heterocycles. The van der Waals surface area contributed by atoms with Gasteiger partial charge in [-0.15, -0.1) is 0 Å². The average Bonchev–Trinajstić information content (AvgIpc) is 2.49. The maximum atomic E-state index is 12.2. The van der Waals surface area contributed by atoms with Crippen LogP contribution < -0.4 is 0 Å². The van der Waals surface area contributed by atoms with Crippen LogP contribution in [0.2, 0.25) is 0 Å². The molecule has 0 rings (SSSR count). The molecule has 0 aromatic rings. The molecule has 0 aliphatic carbocycles. The second kappa shape index (κ2) is 15.0. The highest BCUT2D eigenvalue weighted by Gasteiger charge is 2.25. The summed E-state index contributed by atoms with van der Waals surface area (Å²) in [7, 11) is -3.48. The summed E-state index contributed by atoms with van der Waals surface area (Å²) in [6, 6.07) is 0. The first-order valence-electron chi connectivity index (χ1n) is 8.33. The van der Waals surface area contributed by atoms with Crippen LogP contribution in [0.4, 0.5) is 0 Å². The van der Waals surface area contributed by atoms with Crippen LogP contribution in [0.1, 0.15) is 71.6 Å². The van der Waals surface area contributed by atoms with Crippen LogP contribution in [0.5, 0.6) is 0 Å². The van der Waals surface area contributed by atoms with Crippen LogP contribution in [0, 0.1) is 0 Å². The molecule has 6 heteroatoms. The number of unbranched alkanes of at least 4 members (excludes halogenated alkanes) is 7. The lowest BCUT2D eigenvalue weighted by Gasteiger charge is -2.17. The monoisotopic (exact) mass is 324 g/mol. The van der Waals surface area contributed by atoms with Gasteiger partial charge in [0.25, 0.3) is 0 Å². The van der Waals surface area contributed by atoms with Crippen LogP contribution >= 0.6 is 7.82 Å². The van der Waals surface area contributed by atoms with Crippen molar-refractivity contribution >= 4 is 7.82 Å². The Morgan fingerprint density at radius 3 is 1.81 bits per heavy atom. The predicted octanol–water partition coefficient (Wildman–Crippen LogP) is 4.69. The molecule has 21 heavy (non-hydrogen) atoms. The van der Waals surface area contributed by atoms with Crippen molar-refractivity contribution in [3.8, 4) is 0 Å². The molecule has 0 bridgehead atoms. The van der Waals surface area contributed by atoms with E-state index in [0.717, 1.165) is 19.3 Å². The van der Waals surface area contributed by atoms with E-state index < -0.39 is 7.82 Å². The van der Waals surface area contributed by atoms with Crippen molar-refractivity contribution in [2.75, 3.05) is 26.4 Å². The number of rotatable bonds is 16. The molecule has 0 aliphatic rings. The third-order valence-corrected chi connectivity index (χ3v) is 4.54. The lowest BCUT2D eigenvalue weighted by atomic mass is 10.1. The van der Waals surface area contributed by atoms with Crippen LogP contribution in [-0.4, -0.2) is 31.5 Å². The fraction of sp³-hybridized carbons (Fsp3) is 1.00. The Labute approximate surface area is 130 Å².